The van der Waals surface area contributed by atoms with Gasteiger partial charge in [-0.3, -0.25) is 4.90 Å². The van der Waals surface area contributed by atoms with Crippen LogP contribution in [0, 0.1) is 11.3 Å². The zero-order valence-electron chi connectivity index (χ0n) is 19.5. The summed E-state index contributed by atoms with van der Waals surface area (Å²) in [6, 6.07) is 15.6. The molecule has 2 N–H and O–H groups in total. The molecule has 3 aromatic rings. The average Bonchev–Trinajstić information content (AvgIpc) is 3.11. The number of benzene rings is 1. The van der Waals surface area contributed by atoms with Gasteiger partial charge in [0.05, 0.1) is 25.2 Å². The number of anilines is 3. The number of aromatic nitrogens is 3. The molecule has 4 heterocycles. The van der Waals surface area contributed by atoms with Gasteiger partial charge in [-0.15, -0.1) is 0 Å². The van der Waals surface area contributed by atoms with E-state index in [2.05, 4.69) is 60.8 Å². The molecule has 2 aromatic heterocycles. The number of carbonyl (C=O) groups is 1. The summed E-state index contributed by atoms with van der Waals surface area (Å²) in [5.41, 5.74) is 2.65. The fraction of sp³-hybridized carbons (Fsp3) is 0.346. The summed E-state index contributed by atoms with van der Waals surface area (Å²) >= 11 is 0. The molecular formula is C26H27N7O2. The summed E-state index contributed by atoms with van der Waals surface area (Å²) in [7, 11) is 1.37. The number of carbonyl (C=O) groups excluding carboxylic acids is 1. The van der Waals surface area contributed by atoms with E-state index < -0.39 is 5.97 Å². The monoisotopic (exact) mass is 469 g/mol. The number of methoxy groups -OCH3 is 1. The van der Waals surface area contributed by atoms with Crippen LogP contribution in [0.3, 0.4) is 0 Å². The van der Waals surface area contributed by atoms with Crippen molar-refractivity contribution in [3.8, 4) is 6.07 Å². The Morgan fingerprint density at radius 1 is 1.09 bits per heavy atom. The van der Waals surface area contributed by atoms with Crippen molar-refractivity contribution in [1.29, 1.82) is 5.26 Å². The molecule has 178 valence electrons. The standard InChI is InChI=1S/C26H27N7O2/c1-35-26(34)22-14-30-24(32-25-15-28-19(12-27)13-29-25)11-23(22)31-18-9-20-7-8-21(10-18)33(20)16-17-5-3-2-4-6-17/h2-6,11,13-15,18,20-21H,7-10,16H2,1H3,(H2,29,30,31,32)/t18?,20-,21+. The third-order valence-corrected chi connectivity index (χ3v) is 6.78. The van der Waals surface area contributed by atoms with Gasteiger partial charge in [0.2, 0.25) is 0 Å². The molecule has 0 aliphatic carbocycles. The van der Waals surface area contributed by atoms with E-state index in [9.17, 15) is 4.79 Å². The highest BCUT2D eigenvalue weighted by Gasteiger charge is 2.40. The topological polar surface area (TPSA) is 116 Å². The fourth-order valence-electron chi connectivity index (χ4n) is 5.16. The minimum atomic E-state index is -0.436. The molecule has 0 spiro atoms. The second kappa shape index (κ2) is 10.1. The maximum absolute atomic E-state index is 12.4. The smallest absolute Gasteiger partial charge is 0.341 e. The largest absolute Gasteiger partial charge is 0.465 e. The van der Waals surface area contributed by atoms with Gasteiger partial charge in [0.25, 0.3) is 0 Å². The Kier molecular flexibility index (Phi) is 6.55. The molecule has 1 aromatic carbocycles. The van der Waals surface area contributed by atoms with Gasteiger partial charge in [-0.25, -0.2) is 19.7 Å². The lowest BCUT2D eigenvalue weighted by Crippen LogP contribution is -2.46. The number of nitrogens with one attached hydrogen (secondary N) is 2. The van der Waals surface area contributed by atoms with Gasteiger partial charge in [-0.05, 0) is 31.2 Å². The van der Waals surface area contributed by atoms with Crippen molar-refractivity contribution >= 4 is 23.3 Å². The molecule has 35 heavy (non-hydrogen) atoms. The lowest BCUT2D eigenvalue weighted by Gasteiger charge is -2.39. The van der Waals surface area contributed by atoms with Crippen LogP contribution in [-0.4, -0.2) is 51.1 Å². The summed E-state index contributed by atoms with van der Waals surface area (Å²) in [4.78, 5) is 27.6. The van der Waals surface area contributed by atoms with E-state index >= 15 is 0 Å². The molecule has 5 rings (SSSR count). The van der Waals surface area contributed by atoms with Gasteiger partial charge < -0.3 is 15.4 Å². The van der Waals surface area contributed by atoms with Crippen molar-refractivity contribution in [3.63, 3.8) is 0 Å². The number of pyridine rings is 1. The van der Waals surface area contributed by atoms with Crippen LogP contribution in [0.25, 0.3) is 0 Å². The summed E-state index contributed by atoms with van der Waals surface area (Å²) < 4.78 is 4.99. The van der Waals surface area contributed by atoms with Crippen LogP contribution in [0.5, 0.6) is 0 Å². The second-order valence-electron chi connectivity index (χ2n) is 8.99. The second-order valence-corrected chi connectivity index (χ2v) is 8.99. The predicted octanol–water partition coefficient (Wildman–Crippen LogP) is 3.88. The summed E-state index contributed by atoms with van der Waals surface area (Å²) in [5, 5.41) is 15.6. The van der Waals surface area contributed by atoms with E-state index in [1.54, 1.807) is 6.07 Å². The number of rotatable bonds is 7. The van der Waals surface area contributed by atoms with Crippen LogP contribution in [0.15, 0.2) is 55.0 Å². The lowest BCUT2D eigenvalue weighted by atomic mass is 9.96. The van der Waals surface area contributed by atoms with Crippen LogP contribution in [0.4, 0.5) is 17.3 Å². The number of piperidine rings is 1. The molecule has 1 unspecified atom stereocenters. The maximum Gasteiger partial charge on any atom is 0.341 e. The molecule has 9 heteroatoms. The lowest BCUT2D eigenvalue weighted by molar-refractivity contribution is 0.0601. The van der Waals surface area contributed by atoms with E-state index in [4.69, 9.17) is 10.00 Å². The number of ether oxygens (including phenoxy) is 1. The van der Waals surface area contributed by atoms with Crippen molar-refractivity contribution in [3.05, 3.63) is 71.8 Å². The Morgan fingerprint density at radius 2 is 1.83 bits per heavy atom. The summed E-state index contributed by atoms with van der Waals surface area (Å²) in [6.45, 7) is 0.977. The maximum atomic E-state index is 12.4. The third-order valence-electron chi connectivity index (χ3n) is 6.78. The number of hydrogen-bond acceptors (Lipinski definition) is 9. The quantitative estimate of drug-likeness (QED) is 0.497. The van der Waals surface area contributed by atoms with Crippen LogP contribution in [0.1, 0.15) is 47.3 Å². The minimum Gasteiger partial charge on any atom is -0.465 e. The molecule has 2 aliphatic rings. The van der Waals surface area contributed by atoms with Gasteiger partial charge in [-0.2, -0.15) is 5.26 Å². The first-order valence-electron chi connectivity index (χ1n) is 11.8. The first-order chi connectivity index (χ1) is 17.1. The Hall–Kier alpha value is -4.03. The van der Waals surface area contributed by atoms with Crippen molar-refractivity contribution in [2.75, 3.05) is 17.7 Å². The third kappa shape index (κ3) is 5.08. The van der Waals surface area contributed by atoms with E-state index in [0.717, 1.165) is 19.4 Å². The van der Waals surface area contributed by atoms with E-state index in [1.807, 2.05) is 6.07 Å². The van der Waals surface area contributed by atoms with Crippen molar-refractivity contribution < 1.29 is 9.53 Å². The average molecular weight is 470 g/mol. The van der Waals surface area contributed by atoms with Crippen LogP contribution < -0.4 is 10.6 Å². The van der Waals surface area contributed by atoms with Gasteiger partial charge in [0.1, 0.15) is 23.3 Å². The van der Waals surface area contributed by atoms with E-state index in [1.165, 1.54) is 44.1 Å². The molecule has 0 saturated carbocycles. The van der Waals surface area contributed by atoms with Crippen LogP contribution >= 0.6 is 0 Å². The molecule has 2 fully saturated rings. The Balaban J connectivity index is 1.31. The first-order valence-corrected chi connectivity index (χ1v) is 11.8. The van der Waals surface area contributed by atoms with Crippen molar-refractivity contribution in [2.24, 2.45) is 0 Å². The molecule has 2 aliphatic heterocycles. The van der Waals surface area contributed by atoms with Gasteiger partial charge >= 0.3 is 5.97 Å². The molecule has 0 radical (unpaired) electrons. The first kappa shape index (κ1) is 22.7. The molecule has 2 bridgehead atoms. The number of nitriles is 1. The highest BCUT2D eigenvalue weighted by Crippen LogP contribution is 2.38. The highest BCUT2D eigenvalue weighted by molar-refractivity contribution is 5.96. The zero-order chi connectivity index (χ0) is 24.2. The molecule has 0 amide bonds. The summed E-state index contributed by atoms with van der Waals surface area (Å²) in [6.07, 6.45) is 8.78. The SMILES string of the molecule is COC(=O)c1cnc(Nc2cnc(C#N)cn2)cc1NC1C[C@H]2CC[C@@H](C1)N2Cc1ccccc1. The molecule has 3 atom stereocenters. The normalized spacial score (nSPS) is 21.2. The van der Waals surface area contributed by atoms with Crippen LogP contribution in [0.2, 0.25) is 0 Å². The number of fused-ring (bicyclic) bond motifs is 2. The van der Waals surface area contributed by atoms with Crippen molar-refractivity contribution in [2.45, 2.75) is 50.4 Å². The molecule has 9 nitrogen and oxygen atoms in total. The predicted molar refractivity (Wildman–Crippen MR) is 131 cm³/mol. The Morgan fingerprint density at radius 3 is 2.49 bits per heavy atom. The van der Waals surface area contributed by atoms with E-state index in [0.29, 0.717) is 35.0 Å². The number of nitrogens with zero attached hydrogens (tertiary/aromatic N) is 5. The number of hydrogen-bond donors (Lipinski definition) is 2. The Bertz CT molecular complexity index is 1210. The molecule has 2 saturated heterocycles. The Labute approximate surface area is 204 Å². The van der Waals surface area contributed by atoms with E-state index in [-0.39, 0.29) is 11.7 Å². The molecular weight excluding hydrogens is 442 g/mol. The number of esters is 1. The fourth-order valence-corrected chi connectivity index (χ4v) is 5.16. The highest BCUT2D eigenvalue weighted by atomic mass is 16.5. The summed E-state index contributed by atoms with van der Waals surface area (Å²) in [5.74, 6) is 0.540. The van der Waals surface area contributed by atoms with Crippen molar-refractivity contribution in [1.82, 2.24) is 19.9 Å². The zero-order valence-corrected chi connectivity index (χ0v) is 19.5. The van der Waals surface area contributed by atoms with Gasteiger partial charge in [0.15, 0.2) is 5.69 Å². The minimum absolute atomic E-state index is 0.236. The van der Waals surface area contributed by atoms with Crippen LogP contribution in [-0.2, 0) is 11.3 Å². The van der Waals surface area contributed by atoms with Gasteiger partial charge in [-0.1, -0.05) is 30.3 Å². The van der Waals surface area contributed by atoms with Gasteiger partial charge in [0, 0.05) is 36.9 Å².